The standard InChI is InChI=1S/C42H53N3O9/c1-8-16-33(46)41(4,5)35-21-14-20-32-31(52-32)19-11-13-24-38-45-30(27-51-38)40(49)54-36(42(6,7)34(47)17-9-2)22-15-25-43-28(3)18-10-12-23-37-44-29(26-50-37)39(48)53-35/h8-20,23-28,31-36,43,46-47H,21-22H2,1-7H3/b16-8+,17-9+,18-10+,19-11+,20-14-,23-12-,24-13-,25-15-/t28-,31+,32-,33+,34+,35+,36+/m1/s1. The van der Waals surface area contributed by atoms with Crippen LogP contribution < -0.4 is 5.32 Å². The Balaban J connectivity index is 1.56. The zero-order chi connectivity index (χ0) is 39.3. The smallest absolute Gasteiger partial charge is 0.360 e. The number of aromatic nitrogens is 2. The molecule has 0 radical (unpaired) electrons. The molecule has 2 aliphatic rings. The van der Waals surface area contributed by atoms with Crippen molar-refractivity contribution in [3.05, 3.63) is 121 Å². The number of nitrogens with one attached hydrogen (secondary N) is 1. The van der Waals surface area contributed by atoms with Crippen LogP contribution in [-0.4, -0.2) is 74.8 Å². The largest absolute Gasteiger partial charge is 0.457 e. The summed E-state index contributed by atoms with van der Waals surface area (Å²) in [6.07, 6.45) is 28.0. The van der Waals surface area contributed by atoms with E-state index in [1.165, 1.54) is 12.5 Å². The van der Waals surface area contributed by atoms with Gasteiger partial charge in [0.05, 0.1) is 12.2 Å². The maximum atomic E-state index is 13.2. The van der Waals surface area contributed by atoms with E-state index in [4.69, 9.17) is 23.0 Å². The van der Waals surface area contributed by atoms with E-state index in [2.05, 4.69) is 15.3 Å². The van der Waals surface area contributed by atoms with Crippen molar-refractivity contribution in [1.29, 1.82) is 0 Å². The first-order valence-corrected chi connectivity index (χ1v) is 18.1. The van der Waals surface area contributed by atoms with Crippen LogP contribution in [0.4, 0.5) is 0 Å². The molecule has 290 valence electrons. The van der Waals surface area contributed by atoms with Crippen LogP contribution in [0.15, 0.2) is 107 Å². The van der Waals surface area contributed by atoms with Crippen LogP contribution in [-0.2, 0) is 14.2 Å². The summed E-state index contributed by atoms with van der Waals surface area (Å²) in [5.74, 6) is -0.890. The van der Waals surface area contributed by atoms with Crippen LogP contribution in [0, 0.1) is 10.8 Å². The number of carbonyl (C=O) groups is 2. The maximum absolute atomic E-state index is 13.2. The lowest BCUT2D eigenvalue weighted by Gasteiger charge is -2.36. The summed E-state index contributed by atoms with van der Waals surface area (Å²) in [5, 5.41) is 25.0. The summed E-state index contributed by atoms with van der Waals surface area (Å²) in [5.41, 5.74) is -1.64. The van der Waals surface area contributed by atoms with Crippen molar-refractivity contribution >= 4 is 24.1 Å². The first kappa shape index (κ1) is 41.7. The molecule has 1 fully saturated rings. The fourth-order valence-electron chi connectivity index (χ4n) is 5.47. The molecule has 4 heterocycles. The summed E-state index contributed by atoms with van der Waals surface area (Å²) in [6.45, 7) is 12.9. The number of ether oxygens (including phenoxy) is 3. The van der Waals surface area contributed by atoms with Gasteiger partial charge >= 0.3 is 11.9 Å². The number of epoxide rings is 1. The number of aliphatic hydroxyl groups is 2. The van der Waals surface area contributed by atoms with E-state index in [-0.39, 0.29) is 41.4 Å². The summed E-state index contributed by atoms with van der Waals surface area (Å²) in [6, 6.07) is -0.0787. The second-order valence-electron chi connectivity index (χ2n) is 14.3. The minimum atomic E-state index is -0.872. The lowest BCUT2D eigenvalue weighted by Crippen LogP contribution is -2.42. The zero-order valence-electron chi connectivity index (χ0n) is 32.0. The van der Waals surface area contributed by atoms with Crippen molar-refractivity contribution in [3.8, 4) is 0 Å². The first-order chi connectivity index (χ1) is 25.8. The number of oxazole rings is 2. The van der Waals surface area contributed by atoms with E-state index < -0.39 is 47.2 Å². The summed E-state index contributed by atoms with van der Waals surface area (Å²) in [4.78, 5) is 35.0. The molecule has 12 heteroatoms. The molecule has 0 saturated carbocycles. The molecule has 0 amide bonds. The fraction of sp³-hybridized carbons (Fsp3) is 0.429. The first-order valence-electron chi connectivity index (χ1n) is 18.1. The Morgan fingerprint density at radius 2 is 1.22 bits per heavy atom. The minimum Gasteiger partial charge on any atom is -0.457 e. The molecule has 2 aromatic heterocycles. The molecule has 7 atom stereocenters. The minimum absolute atomic E-state index is 0.00984. The molecule has 2 aromatic rings. The second-order valence-corrected chi connectivity index (χ2v) is 14.3. The molecule has 0 aliphatic carbocycles. The van der Waals surface area contributed by atoms with Gasteiger partial charge in [-0.2, -0.15) is 0 Å². The number of aliphatic hydroxyl groups excluding tert-OH is 2. The number of carbonyl (C=O) groups excluding carboxylic acids is 2. The third kappa shape index (κ3) is 11.7. The molecule has 1 saturated heterocycles. The van der Waals surface area contributed by atoms with E-state index in [9.17, 15) is 19.8 Å². The van der Waals surface area contributed by atoms with Crippen molar-refractivity contribution in [2.75, 3.05) is 0 Å². The SMILES string of the molecule is C/C=C/[C@H](O)C(C)(C)[C@@H]1C/C=C\[C@H]2O[C@H]2/C=C/C=C\c2nc(co2)C(=O)O[C@H](C(C)(C)[C@@H](O)/C=C/C)C/C=C\N[C@H](C)/C=C/C=C\c2nc(co2)C(=O)O1. The Morgan fingerprint density at radius 1 is 0.741 bits per heavy atom. The number of fused-ring (bicyclic) bond motifs is 5. The summed E-state index contributed by atoms with van der Waals surface area (Å²) < 4.78 is 28.6. The average molecular weight is 744 g/mol. The number of nitrogens with zero attached hydrogens (tertiary/aromatic N) is 2. The van der Waals surface area contributed by atoms with Crippen LogP contribution in [0.5, 0.6) is 0 Å². The zero-order valence-corrected chi connectivity index (χ0v) is 32.0. The van der Waals surface area contributed by atoms with Crippen molar-refractivity contribution in [2.24, 2.45) is 10.8 Å². The second kappa shape index (κ2) is 19.3. The van der Waals surface area contributed by atoms with Crippen molar-refractivity contribution in [2.45, 2.75) is 104 Å². The molecule has 2 aliphatic heterocycles. The van der Waals surface area contributed by atoms with Crippen molar-refractivity contribution < 1.29 is 42.8 Å². The molecule has 0 unspecified atom stereocenters. The quantitative estimate of drug-likeness (QED) is 0.156. The highest BCUT2D eigenvalue weighted by atomic mass is 16.6. The third-order valence-corrected chi connectivity index (χ3v) is 9.36. The van der Waals surface area contributed by atoms with E-state index in [1.54, 1.807) is 60.9 Å². The van der Waals surface area contributed by atoms with Gasteiger partial charge in [0.25, 0.3) is 0 Å². The Bertz CT molecular complexity index is 1790. The normalized spacial score (nSPS) is 28.4. The Hall–Kier alpha value is -5.04. The van der Waals surface area contributed by atoms with Crippen LogP contribution in [0.3, 0.4) is 0 Å². The number of esters is 2. The van der Waals surface area contributed by atoms with Crippen LogP contribution >= 0.6 is 0 Å². The lowest BCUT2D eigenvalue weighted by molar-refractivity contribution is -0.0461. The molecule has 12 nitrogen and oxygen atoms in total. The van der Waals surface area contributed by atoms with E-state index in [1.807, 2.05) is 84.9 Å². The Morgan fingerprint density at radius 3 is 1.74 bits per heavy atom. The van der Waals surface area contributed by atoms with Gasteiger partial charge in [-0.25, -0.2) is 19.6 Å². The Labute approximate surface area is 317 Å². The van der Waals surface area contributed by atoms with Gasteiger partial charge in [-0.3, -0.25) is 0 Å². The predicted octanol–water partition coefficient (Wildman–Crippen LogP) is 7.09. The summed E-state index contributed by atoms with van der Waals surface area (Å²) in [7, 11) is 0. The molecular formula is C42H53N3O9. The van der Waals surface area contributed by atoms with Gasteiger partial charge in [0.2, 0.25) is 11.8 Å². The lowest BCUT2D eigenvalue weighted by atomic mass is 9.79. The van der Waals surface area contributed by atoms with Gasteiger partial charge in [-0.15, -0.1) is 0 Å². The number of cyclic esters (lactones) is 2. The van der Waals surface area contributed by atoms with Gasteiger partial charge in [0.15, 0.2) is 11.4 Å². The van der Waals surface area contributed by atoms with Crippen molar-refractivity contribution in [1.82, 2.24) is 15.3 Å². The highest BCUT2D eigenvalue weighted by Crippen LogP contribution is 2.34. The number of hydrogen-bond donors (Lipinski definition) is 3. The van der Waals surface area contributed by atoms with E-state index >= 15 is 0 Å². The monoisotopic (exact) mass is 743 g/mol. The van der Waals surface area contributed by atoms with Crippen LogP contribution in [0.1, 0.15) is 94.1 Å². The van der Waals surface area contributed by atoms with Gasteiger partial charge in [0, 0.05) is 41.9 Å². The average Bonchev–Trinajstić information content (AvgIpc) is 3.46. The fourth-order valence-corrected chi connectivity index (χ4v) is 5.47. The number of allylic oxidation sites excluding steroid dienone is 6. The predicted molar refractivity (Wildman–Crippen MR) is 206 cm³/mol. The van der Waals surface area contributed by atoms with E-state index in [0.29, 0.717) is 12.8 Å². The molecular weight excluding hydrogens is 690 g/mol. The summed E-state index contributed by atoms with van der Waals surface area (Å²) >= 11 is 0. The third-order valence-electron chi connectivity index (χ3n) is 9.36. The van der Waals surface area contributed by atoms with Gasteiger partial charge in [-0.1, -0.05) is 107 Å². The number of rotatable bonds is 6. The van der Waals surface area contributed by atoms with Crippen LogP contribution in [0.25, 0.3) is 12.2 Å². The highest BCUT2D eigenvalue weighted by Gasteiger charge is 2.40. The topological polar surface area (TPSA) is 170 Å². The molecule has 4 rings (SSSR count). The highest BCUT2D eigenvalue weighted by molar-refractivity contribution is 5.87. The van der Waals surface area contributed by atoms with Gasteiger partial charge in [0.1, 0.15) is 36.9 Å². The van der Waals surface area contributed by atoms with Crippen LogP contribution in [0.2, 0.25) is 0 Å². The molecule has 54 heavy (non-hydrogen) atoms. The molecule has 0 aromatic carbocycles. The maximum Gasteiger partial charge on any atom is 0.360 e. The van der Waals surface area contributed by atoms with Gasteiger partial charge in [-0.05, 0) is 27.0 Å². The molecule has 3 N–H and O–H groups in total. The molecule has 4 bridgehead atoms. The molecule has 0 spiro atoms. The van der Waals surface area contributed by atoms with Crippen molar-refractivity contribution in [3.63, 3.8) is 0 Å². The van der Waals surface area contributed by atoms with E-state index in [0.717, 1.165) is 0 Å². The Kier molecular flexibility index (Phi) is 14.9. The van der Waals surface area contributed by atoms with Gasteiger partial charge < -0.3 is 38.6 Å². The number of hydrogen-bond acceptors (Lipinski definition) is 12.